The highest BCUT2D eigenvalue weighted by atomic mass is 32.1. The number of halogens is 1. The van der Waals surface area contributed by atoms with Crippen LogP contribution in [0.1, 0.15) is 22.3 Å². The summed E-state index contributed by atoms with van der Waals surface area (Å²) in [4.78, 5) is 13.9. The van der Waals surface area contributed by atoms with Crippen LogP contribution in [0.5, 0.6) is 5.75 Å². The minimum absolute atomic E-state index is 0.0604. The van der Waals surface area contributed by atoms with E-state index in [4.69, 9.17) is 0 Å². The van der Waals surface area contributed by atoms with Gasteiger partial charge in [0.05, 0.1) is 4.70 Å². The third kappa shape index (κ3) is 6.07. The maximum atomic E-state index is 13.7. The number of benzene rings is 3. The molecule has 0 radical (unpaired) electrons. The average molecular weight is 484 g/mol. The molecular weight excluding hydrogens is 457 g/mol. The van der Waals surface area contributed by atoms with Gasteiger partial charge in [0.25, 0.3) is 0 Å². The zero-order valence-electron chi connectivity index (χ0n) is 18.3. The van der Waals surface area contributed by atoms with Gasteiger partial charge in [-0.05, 0) is 35.2 Å². The van der Waals surface area contributed by atoms with E-state index in [0.717, 1.165) is 22.5 Å². The number of H-pyrrole nitrogens is 1. The zero-order chi connectivity index (χ0) is 24.1. The van der Waals surface area contributed by atoms with Gasteiger partial charge in [0.1, 0.15) is 17.1 Å². The highest BCUT2D eigenvalue weighted by molar-refractivity contribution is 7.16. The maximum absolute atomic E-state index is 13.7. The molecule has 0 bridgehead atoms. The number of aromatic hydroxyl groups is 1. The first kappa shape index (κ1) is 24.1. The molecule has 4 aromatic rings. The summed E-state index contributed by atoms with van der Waals surface area (Å²) in [5.41, 5.74) is 3.51. The molecule has 0 amide bonds. The van der Waals surface area contributed by atoms with E-state index in [1.165, 1.54) is 12.1 Å². The van der Waals surface area contributed by atoms with Crippen molar-refractivity contribution in [3.8, 4) is 5.75 Å². The predicted octanol–water partition coefficient (Wildman–Crippen LogP) is 2.74. The van der Waals surface area contributed by atoms with Crippen molar-refractivity contribution in [3.05, 3.63) is 98.4 Å². The summed E-state index contributed by atoms with van der Waals surface area (Å²) < 4.78 is 14.2. The largest absolute Gasteiger partial charge is 0.506 e. The van der Waals surface area contributed by atoms with Crippen molar-refractivity contribution in [1.29, 1.82) is 0 Å². The number of phenolic OH excluding ortho intramolecular Hbond substituents is 1. The first-order valence-electron chi connectivity index (χ1n) is 10.9. The van der Waals surface area contributed by atoms with Gasteiger partial charge in [-0.25, -0.2) is 4.39 Å². The van der Waals surface area contributed by atoms with Crippen molar-refractivity contribution in [2.75, 3.05) is 6.54 Å². The summed E-state index contributed by atoms with van der Waals surface area (Å²) in [7, 11) is 0. The Hall–Kier alpha value is -3.08. The number of aromatic nitrogens is 1. The van der Waals surface area contributed by atoms with E-state index in [2.05, 4.69) is 15.6 Å². The minimum Gasteiger partial charge on any atom is -0.506 e. The fourth-order valence-electron chi connectivity index (χ4n) is 3.83. The van der Waals surface area contributed by atoms with Gasteiger partial charge in [-0.15, -0.1) is 0 Å². The Morgan fingerprint density at radius 3 is 2.59 bits per heavy atom. The number of rotatable bonds is 10. The molecule has 0 fully saturated rings. The van der Waals surface area contributed by atoms with Gasteiger partial charge in [0.2, 0.25) is 5.91 Å². The lowest BCUT2D eigenvalue weighted by Crippen LogP contribution is -2.47. The van der Waals surface area contributed by atoms with Crippen LogP contribution in [0.3, 0.4) is 0 Å². The molecule has 7 nitrogen and oxygen atoms in total. The maximum Gasteiger partial charge on any atom is 0.305 e. The van der Waals surface area contributed by atoms with E-state index < -0.39 is 5.91 Å². The smallest absolute Gasteiger partial charge is 0.305 e. The Morgan fingerprint density at radius 1 is 0.971 bits per heavy atom. The van der Waals surface area contributed by atoms with Crippen LogP contribution < -0.4 is 15.5 Å². The number of aromatic amines is 1. The number of hydrogen-bond acceptors (Lipinski definition) is 7. The number of fused-ring (bicyclic) bond motifs is 1. The standard InChI is InChI=1S/C25H26FN3O4S/c26-20-7-2-1-6-19(20)15-27-14-17-5-3-4-16(12-17)10-11-28-25(32,33)13-18-8-9-21(30)22-23(18)34-24(31)29-22/h1-9,12,27-28,30,32-33H,10-11,13-15H2,(H,29,31). The van der Waals surface area contributed by atoms with E-state index in [-0.39, 0.29) is 22.9 Å². The summed E-state index contributed by atoms with van der Waals surface area (Å²) in [5.74, 6) is -2.48. The van der Waals surface area contributed by atoms with Crippen molar-refractivity contribution in [2.45, 2.75) is 31.8 Å². The quantitative estimate of drug-likeness (QED) is 0.193. The summed E-state index contributed by atoms with van der Waals surface area (Å²) >= 11 is 0.914. The van der Waals surface area contributed by atoms with Crippen LogP contribution in [0, 0.1) is 5.82 Å². The molecule has 0 atom stereocenters. The van der Waals surface area contributed by atoms with Gasteiger partial charge in [0.15, 0.2) is 0 Å². The van der Waals surface area contributed by atoms with E-state index in [1.54, 1.807) is 24.3 Å². The predicted molar refractivity (Wildman–Crippen MR) is 130 cm³/mol. The van der Waals surface area contributed by atoms with Gasteiger partial charge in [-0.1, -0.05) is 59.9 Å². The number of thiazole rings is 1. The van der Waals surface area contributed by atoms with Crippen molar-refractivity contribution < 1.29 is 19.7 Å². The Labute approximate surface area is 199 Å². The lowest BCUT2D eigenvalue weighted by atomic mass is 10.1. The molecule has 6 N–H and O–H groups in total. The highest BCUT2D eigenvalue weighted by Crippen LogP contribution is 2.29. The van der Waals surface area contributed by atoms with Crippen LogP contribution in [-0.4, -0.2) is 32.8 Å². The van der Waals surface area contributed by atoms with E-state index in [9.17, 15) is 24.5 Å². The molecule has 0 unspecified atom stereocenters. The fraction of sp³-hybridized carbons (Fsp3) is 0.240. The minimum atomic E-state index is -2.18. The molecular formula is C25H26FN3O4S. The van der Waals surface area contributed by atoms with Crippen LogP contribution in [0.25, 0.3) is 10.2 Å². The molecule has 3 aromatic carbocycles. The third-order valence-corrected chi connectivity index (χ3v) is 6.45. The Balaban J connectivity index is 1.30. The topological polar surface area (TPSA) is 118 Å². The van der Waals surface area contributed by atoms with E-state index in [1.807, 2.05) is 24.3 Å². The Morgan fingerprint density at radius 2 is 1.76 bits per heavy atom. The fourth-order valence-corrected chi connectivity index (χ4v) is 4.69. The number of hydrogen-bond donors (Lipinski definition) is 6. The van der Waals surface area contributed by atoms with Crippen LogP contribution in [0.15, 0.2) is 65.5 Å². The van der Waals surface area contributed by atoms with Crippen LogP contribution >= 0.6 is 11.3 Å². The Bertz CT molecular complexity index is 1340. The molecule has 0 aliphatic carbocycles. The first-order chi connectivity index (χ1) is 16.3. The monoisotopic (exact) mass is 483 g/mol. The second kappa shape index (κ2) is 10.5. The lowest BCUT2D eigenvalue weighted by molar-refractivity contribution is -0.183. The summed E-state index contributed by atoms with van der Waals surface area (Å²) in [5, 5.41) is 36.8. The summed E-state index contributed by atoms with van der Waals surface area (Å²) in [6.45, 7) is 1.32. The molecule has 9 heteroatoms. The summed E-state index contributed by atoms with van der Waals surface area (Å²) in [6, 6.07) is 17.5. The van der Waals surface area contributed by atoms with Gasteiger partial charge >= 0.3 is 4.87 Å². The third-order valence-electron chi connectivity index (χ3n) is 5.49. The van der Waals surface area contributed by atoms with Crippen molar-refractivity contribution in [2.24, 2.45) is 0 Å². The van der Waals surface area contributed by atoms with Crippen LogP contribution in [0.4, 0.5) is 4.39 Å². The molecule has 178 valence electrons. The van der Waals surface area contributed by atoms with Crippen LogP contribution in [-0.2, 0) is 25.9 Å². The summed E-state index contributed by atoms with van der Waals surface area (Å²) in [6.07, 6.45) is 0.407. The number of aliphatic hydroxyl groups is 2. The number of phenols is 1. The molecule has 0 aliphatic rings. The van der Waals surface area contributed by atoms with Crippen molar-refractivity contribution in [3.63, 3.8) is 0 Å². The molecule has 0 saturated carbocycles. The average Bonchev–Trinajstić information content (AvgIpc) is 3.20. The molecule has 1 heterocycles. The zero-order valence-corrected chi connectivity index (χ0v) is 19.2. The molecule has 1 aromatic heterocycles. The molecule has 34 heavy (non-hydrogen) atoms. The SMILES string of the molecule is O=c1[nH]c2c(O)ccc(CC(O)(O)NCCc3cccc(CNCc4ccccc4F)c3)c2s1. The van der Waals surface area contributed by atoms with Gasteiger partial charge in [-0.2, -0.15) is 0 Å². The highest BCUT2D eigenvalue weighted by Gasteiger charge is 2.25. The molecule has 0 aliphatic heterocycles. The molecule has 0 spiro atoms. The molecule has 0 saturated heterocycles. The molecule has 4 rings (SSSR count). The lowest BCUT2D eigenvalue weighted by Gasteiger charge is -2.23. The van der Waals surface area contributed by atoms with E-state index in [0.29, 0.717) is 47.4 Å². The second-order valence-electron chi connectivity index (χ2n) is 8.15. The van der Waals surface area contributed by atoms with Gasteiger partial charge in [0, 0.05) is 31.6 Å². The van der Waals surface area contributed by atoms with Gasteiger partial charge < -0.3 is 25.6 Å². The number of nitrogens with one attached hydrogen (secondary N) is 3. The Kier molecular flexibility index (Phi) is 7.40. The van der Waals surface area contributed by atoms with Crippen molar-refractivity contribution >= 4 is 21.6 Å². The van der Waals surface area contributed by atoms with Crippen LogP contribution in [0.2, 0.25) is 0 Å². The first-order valence-corrected chi connectivity index (χ1v) is 11.7. The normalized spacial score (nSPS) is 11.9. The van der Waals surface area contributed by atoms with Gasteiger partial charge in [-0.3, -0.25) is 10.1 Å². The van der Waals surface area contributed by atoms with E-state index >= 15 is 0 Å². The van der Waals surface area contributed by atoms with Crippen molar-refractivity contribution in [1.82, 2.24) is 15.6 Å². The second-order valence-corrected chi connectivity index (χ2v) is 9.13.